The highest BCUT2D eigenvalue weighted by Crippen LogP contribution is 2.16. The van der Waals surface area contributed by atoms with E-state index >= 15 is 0 Å². The minimum atomic E-state index is 0.403. The molecule has 0 saturated carbocycles. The van der Waals surface area contributed by atoms with E-state index in [1.807, 2.05) is 0 Å². The summed E-state index contributed by atoms with van der Waals surface area (Å²) in [6.07, 6.45) is 7.32. The van der Waals surface area contributed by atoms with Crippen LogP contribution < -0.4 is 5.73 Å². The van der Waals surface area contributed by atoms with Crippen molar-refractivity contribution in [1.82, 2.24) is 0 Å². The molecule has 0 aliphatic heterocycles. The summed E-state index contributed by atoms with van der Waals surface area (Å²) >= 11 is 0. The highest BCUT2D eigenvalue weighted by molar-refractivity contribution is 5.14. The molecule has 1 nitrogen and oxygen atoms in total. The van der Waals surface area contributed by atoms with Crippen LogP contribution in [0.2, 0.25) is 0 Å². The van der Waals surface area contributed by atoms with Gasteiger partial charge >= 0.3 is 0 Å². The Bertz CT molecular complexity index is 281. The van der Waals surface area contributed by atoms with Gasteiger partial charge in [-0.05, 0) is 37.2 Å². The second-order valence-electron chi connectivity index (χ2n) is 5.27. The molecule has 17 heavy (non-hydrogen) atoms. The Balaban J connectivity index is 2.19. The Morgan fingerprint density at radius 3 is 2.47 bits per heavy atom. The summed E-state index contributed by atoms with van der Waals surface area (Å²) in [7, 11) is 0. The lowest BCUT2D eigenvalue weighted by molar-refractivity contribution is 0.416. The Labute approximate surface area is 106 Å². The molecule has 2 atom stereocenters. The molecule has 0 saturated heterocycles. The molecule has 1 aromatic carbocycles. The number of unbranched alkanes of at least 4 members (excludes halogenated alkanes) is 1. The quantitative estimate of drug-likeness (QED) is 0.716. The summed E-state index contributed by atoms with van der Waals surface area (Å²) in [4.78, 5) is 0. The molecule has 0 spiro atoms. The van der Waals surface area contributed by atoms with E-state index in [0.717, 1.165) is 5.92 Å². The van der Waals surface area contributed by atoms with E-state index in [2.05, 4.69) is 44.2 Å². The van der Waals surface area contributed by atoms with Crippen LogP contribution in [0.15, 0.2) is 30.3 Å². The van der Waals surface area contributed by atoms with Gasteiger partial charge < -0.3 is 5.73 Å². The second-order valence-corrected chi connectivity index (χ2v) is 5.27. The van der Waals surface area contributed by atoms with E-state index in [1.54, 1.807) is 0 Å². The maximum atomic E-state index is 6.13. The first-order valence-corrected chi connectivity index (χ1v) is 7.02. The highest BCUT2D eigenvalue weighted by Gasteiger charge is 2.08. The van der Waals surface area contributed by atoms with E-state index in [0.29, 0.717) is 6.04 Å². The van der Waals surface area contributed by atoms with E-state index in [-0.39, 0.29) is 0 Å². The number of aryl methyl sites for hydroxylation is 1. The van der Waals surface area contributed by atoms with Crippen molar-refractivity contribution in [1.29, 1.82) is 0 Å². The van der Waals surface area contributed by atoms with Crippen LogP contribution in [0.25, 0.3) is 0 Å². The first-order valence-electron chi connectivity index (χ1n) is 7.02. The Kier molecular flexibility index (Phi) is 6.95. The van der Waals surface area contributed by atoms with Crippen LogP contribution in [0.4, 0.5) is 0 Å². The topological polar surface area (TPSA) is 26.0 Å². The van der Waals surface area contributed by atoms with E-state index in [9.17, 15) is 0 Å². The van der Waals surface area contributed by atoms with Crippen molar-refractivity contribution in [3.63, 3.8) is 0 Å². The predicted molar refractivity (Wildman–Crippen MR) is 76.0 cm³/mol. The molecule has 1 heteroatoms. The SMILES string of the molecule is CCCCC(N)CC(C)CCc1ccccc1. The molecule has 0 radical (unpaired) electrons. The van der Waals surface area contributed by atoms with Gasteiger partial charge in [-0.1, -0.05) is 57.0 Å². The van der Waals surface area contributed by atoms with E-state index in [4.69, 9.17) is 5.73 Å². The fourth-order valence-corrected chi connectivity index (χ4v) is 2.28. The minimum absolute atomic E-state index is 0.403. The molecular formula is C16H27N. The molecule has 0 aliphatic carbocycles. The van der Waals surface area contributed by atoms with Crippen LogP contribution in [0.3, 0.4) is 0 Å². The van der Waals surface area contributed by atoms with Crippen molar-refractivity contribution >= 4 is 0 Å². The third kappa shape index (κ3) is 6.48. The predicted octanol–water partition coefficient (Wildman–Crippen LogP) is 4.16. The summed E-state index contributed by atoms with van der Waals surface area (Å²) in [5, 5.41) is 0. The fourth-order valence-electron chi connectivity index (χ4n) is 2.28. The van der Waals surface area contributed by atoms with Gasteiger partial charge in [0, 0.05) is 6.04 Å². The lowest BCUT2D eigenvalue weighted by Crippen LogP contribution is -2.22. The summed E-state index contributed by atoms with van der Waals surface area (Å²) < 4.78 is 0. The maximum absolute atomic E-state index is 6.13. The summed E-state index contributed by atoms with van der Waals surface area (Å²) in [5.74, 6) is 0.738. The van der Waals surface area contributed by atoms with Crippen LogP contribution in [0, 0.1) is 5.92 Å². The van der Waals surface area contributed by atoms with Crippen LogP contribution in [0.1, 0.15) is 51.5 Å². The van der Waals surface area contributed by atoms with Crippen molar-refractivity contribution in [2.75, 3.05) is 0 Å². The first-order chi connectivity index (χ1) is 8.22. The second kappa shape index (κ2) is 8.30. The Hall–Kier alpha value is -0.820. The summed E-state index contributed by atoms with van der Waals surface area (Å²) in [6, 6.07) is 11.1. The van der Waals surface area contributed by atoms with Crippen LogP contribution >= 0.6 is 0 Å². The van der Waals surface area contributed by atoms with Crippen molar-refractivity contribution in [3.8, 4) is 0 Å². The minimum Gasteiger partial charge on any atom is -0.328 e. The number of benzene rings is 1. The molecule has 1 rings (SSSR count). The number of hydrogen-bond donors (Lipinski definition) is 1. The molecule has 2 unspecified atom stereocenters. The van der Waals surface area contributed by atoms with Gasteiger partial charge in [0.25, 0.3) is 0 Å². The normalized spacial score (nSPS) is 14.5. The smallest absolute Gasteiger partial charge is 0.00413 e. The van der Waals surface area contributed by atoms with Gasteiger partial charge in [-0.3, -0.25) is 0 Å². The average molecular weight is 233 g/mol. The zero-order valence-electron chi connectivity index (χ0n) is 11.4. The number of rotatable bonds is 8. The van der Waals surface area contributed by atoms with Crippen LogP contribution in [-0.4, -0.2) is 6.04 Å². The van der Waals surface area contributed by atoms with Crippen molar-refractivity contribution in [2.45, 2.75) is 58.4 Å². The molecular weight excluding hydrogens is 206 g/mol. The number of hydrogen-bond acceptors (Lipinski definition) is 1. The molecule has 0 bridgehead atoms. The standard InChI is InChI=1S/C16H27N/c1-3-4-10-16(17)13-14(2)11-12-15-8-6-5-7-9-15/h5-9,14,16H,3-4,10-13,17H2,1-2H3. The third-order valence-electron chi connectivity index (χ3n) is 3.40. The van der Waals surface area contributed by atoms with Gasteiger partial charge in [-0.25, -0.2) is 0 Å². The molecule has 0 aliphatic rings. The molecule has 0 aromatic heterocycles. The van der Waals surface area contributed by atoms with Gasteiger partial charge in [0.05, 0.1) is 0 Å². The Morgan fingerprint density at radius 2 is 1.82 bits per heavy atom. The molecule has 0 amide bonds. The molecule has 0 fully saturated rings. The molecule has 1 aromatic rings. The highest BCUT2D eigenvalue weighted by atomic mass is 14.6. The monoisotopic (exact) mass is 233 g/mol. The summed E-state index contributed by atoms with van der Waals surface area (Å²) in [5.41, 5.74) is 7.58. The van der Waals surface area contributed by atoms with Gasteiger partial charge in [-0.15, -0.1) is 0 Å². The van der Waals surface area contributed by atoms with Gasteiger partial charge in [0.1, 0.15) is 0 Å². The van der Waals surface area contributed by atoms with Crippen LogP contribution in [-0.2, 0) is 6.42 Å². The lowest BCUT2D eigenvalue weighted by atomic mass is 9.93. The average Bonchev–Trinajstić information content (AvgIpc) is 2.35. The Morgan fingerprint density at radius 1 is 1.12 bits per heavy atom. The fraction of sp³-hybridized carbons (Fsp3) is 0.625. The molecule has 2 N–H and O–H groups in total. The van der Waals surface area contributed by atoms with Gasteiger partial charge in [0.2, 0.25) is 0 Å². The van der Waals surface area contributed by atoms with E-state index < -0.39 is 0 Å². The lowest BCUT2D eigenvalue weighted by Gasteiger charge is -2.17. The van der Waals surface area contributed by atoms with Crippen molar-refractivity contribution in [3.05, 3.63) is 35.9 Å². The molecule has 96 valence electrons. The van der Waals surface area contributed by atoms with E-state index in [1.165, 1.54) is 44.1 Å². The zero-order chi connectivity index (χ0) is 12.5. The van der Waals surface area contributed by atoms with Gasteiger partial charge in [-0.2, -0.15) is 0 Å². The first kappa shape index (κ1) is 14.2. The van der Waals surface area contributed by atoms with Gasteiger partial charge in [0.15, 0.2) is 0 Å². The third-order valence-corrected chi connectivity index (χ3v) is 3.40. The van der Waals surface area contributed by atoms with Crippen molar-refractivity contribution in [2.24, 2.45) is 11.7 Å². The summed E-state index contributed by atoms with van der Waals surface area (Å²) in [6.45, 7) is 4.56. The number of nitrogens with two attached hydrogens (primary N) is 1. The van der Waals surface area contributed by atoms with Crippen molar-refractivity contribution < 1.29 is 0 Å². The molecule has 0 heterocycles. The largest absolute Gasteiger partial charge is 0.328 e. The maximum Gasteiger partial charge on any atom is 0.00413 e. The zero-order valence-corrected chi connectivity index (χ0v) is 11.4. The van der Waals surface area contributed by atoms with Crippen LogP contribution in [0.5, 0.6) is 0 Å².